The summed E-state index contributed by atoms with van der Waals surface area (Å²) in [6.45, 7) is 0.265. The number of benzene rings is 1. The Hall–Kier alpha value is -2.37. The molecular weight excluding hydrogens is 222 g/mol. The maximum Gasteiger partial charge on any atom is 0.345 e. The SMILES string of the molecule is Cn1cnn(Cc2cccc(C(=O)O)c2)c1=O. The van der Waals surface area contributed by atoms with E-state index in [1.807, 2.05) is 0 Å². The zero-order chi connectivity index (χ0) is 12.4. The number of hydrogen-bond donors (Lipinski definition) is 1. The molecule has 0 aliphatic carbocycles. The van der Waals surface area contributed by atoms with Crippen molar-refractivity contribution >= 4 is 5.97 Å². The molecule has 1 heterocycles. The van der Waals surface area contributed by atoms with Crippen molar-refractivity contribution in [2.75, 3.05) is 0 Å². The molecule has 2 rings (SSSR count). The summed E-state index contributed by atoms with van der Waals surface area (Å²) in [5, 5.41) is 12.8. The number of aromatic carboxylic acids is 1. The van der Waals surface area contributed by atoms with Crippen LogP contribution in [0.2, 0.25) is 0 Å². The average Bonchev–Trinajstić information content (AvgIpc) is 2.61. The van der Waals surface area contributed by atoms with Crippen molar-refractivity contribution in [1.29, 1.82) is 0 Å². The molecule has 0 radical (unpaired) electrons. The first-order chi connectivity index (χ1) is 8.08. The third-order valence-corrected chi connectivity index (χ3v) is 2.39. The molecule has 88 valence electrons. The van der Waals surface area contributed by atoms with Gasteiger partial charge in [0.05, 0.1) is 12.1 Å². The van der Waals surface area contributed by atoms with E-state index < -0.39 is 5.97 Å². The topological polar surface area (TPSA) is 77.1 Å². The molecule has 6 heteroatoms. The third-order valence-electron chi connectivity index (χ3n) is 2.39. The molecular formula is C11H11N3O3. The molecule has 0 aliphatic heterocycles. The van der Waals surface area contributed by atoms with Gasteiger partial charge in [0.1, 0.15) is 6.33 Å². The van der Waals surface area contributed by atoms with Crippen LogP contribution in [0.1, 0.15) is 15.9 Å². The van der Waals surface area contributed by atoms with E-state index >= 15 is 0 Å². The van der Waals surface area contributed by atoms with Gasteiger partial charge >= 0.3 is 11.7 Å². The van der Waals surface area contributed by atoms with E-state index in [1.165, 1.54) is 27.7 Å². The fourth-order valence-electron chi connectivity index (χ4n) is 1.50. The van der Waals surface area contributed by atoms with Crippen LogP contribution in [0, 0.1) is 0 Å². The molecule has 0 fully saturated rings. The van der Waals surface area contributed by atoms with Gasteiger partial charge in [0.25, 0.3) is 0 Å². The Balaban J connectivity index is 2.30. The van der Waals surface area contributed by atoms with Crippen LogP contribution >= 0.6 is 0 Å². The van der Waals surface area contributed by atoms with Crippen LogP contribution in [0.5, 0.6) is 0 Å². The summed E-state index contributed by atoms with van der Waals surface area (Å²) >= 11 is 0. The molecule has 0 amide bonds. The van der Waals surface area contributed by atoms with Gasteiger partial charge in [0.15, 0.2) is 0 Å². The summed E-state index contributed by atoms with van der Waals surface area (Å²) in [6, 6.07) is 6.44. The molecule has 0 unspecified atom stereocenters. The molecule has 1 aromatic heterocycles. The van der Waals surface area contributed by atoms with Gasteiger partial charge in [-0.2, -0.15) is 5.10 Å². The van der Waals surface area contributed by atoms with Crippen LogP contribution < -0.4 is 5.69 Å². The number of aryl methyl sites for hydroxylation is 1. The summed E-state index contributed by atoms with van der Waals surface area (Å²) in [5.41, 5.74) is 0.697. The first kappa shape index (κ1) is 11.1. The van der Waals surface area contributed by atoms with Crippen molar-refractivity contribution < 1.29 is 9.90 Å². The van der Waals surface area contributed by atoms with Crippen LogP contribution in [0.4, 0.5) is 0 Å². The lowest BCUT2D eigenvalue weighted by Gasteiger charge is -2.01. The lowest BCUT2D eigenvalue weighted by Crippen LogP contribution is -2.23. The molecule has 0 saturated heterocycles. The smallest absolute Gasteiger partial charge is 0.345 e. The number of aromatic nitrogens is 3. The van der Waals surface area contributed by atoms with Crippen molar-refractivity contribution in [3.8, 4) is 0 Å². The molecule has 1 N–H and O–H groups in total. The average molecular weight is 233 g/mol. The maximum absolute atomic E-state index is 11.5. The zero-order valence-electron chi connectivity index (χ0n) is 9.20. The van der Waals surface area contributed by atoms with Crippen molar-refractivity contribution in [3.63, 3.8) is 0 Å². The molecule has 0 spiro atoms. The van der Waals surface area contributed by atoms with E-state index in [2.05, 4.69) is 5.10 Å². The summed E-state index contributed by atoms with van der Waals surface area (Å²) in [7, 11) is 1.61. The lowest BCUT2D eigenvalue weighted by molar-refractivity contribution is 0.0696. The number of rotatable bonds is 3. The van der Waals surface area contributed by atoms with E-state index in [9.17, 15) is 9.59 Å². The van der Waals surface area contributed by atoms with Gasteiger partial charge in [-0.05, 0) is 17.7 Å². The first-order valence-electron chi connectivity index (χ1n) is 4.98. The summed E-state index contributed by atoms with van der Waals surface area (Å²) < 4.78 is 2.64. The Morgan fingerprint density at radius 1 is 1.47 bits per heavy atom. The highest BCUT2D eigenvalue weighted by Crippen LogP contribution is 2.05. The second-order valence-electron chi connectivity index (χ2n) is 3.69. The van der Waals surface area contributed by atoms with Gasteiger partial charge in [-0.3, -0.25) is 4.57 Å². The third kappa shape index (κ3) is 2.25. The largest absolute Gasteiger partial charge is 0.478 e. The van der Waals surface area contributed by atoms with Gasteiger partial charge in [-0.15, -0.1) is 0 Å². The van der Waals surface area contributed by atoms with Crippen molar-refractivity contribution in [3.05, 3.63) is 52.2 Å². The van der Waals surface area contributed by atoms with Crippen LogP contribution in [0.15, 0.2) is 35.4 Å². The molecule has 1 aromatic carbocycles. The van der Waals surface area contributed by atoms with Crippen LogP contribution in [-0.2, 0) is 13.6 Å². The van der Waals surface area contributed by atoms with Crippen molar-refractivity contribution in [2.45, 2.75) is 6.54 Å². The number of hydrogen-bond acceptors (Lipinski definition) is 3. The second-order valence-corrected chi connectivity index (χ2v) is 3.69. The monoisotopic (exact) mass is 233 g/mol. The van der Waals surface area contributed by atoms with Gasteiger partial charge in [0, 0.05) is 7.05 Å². The predicted molar refractivity (Wildman–Crippen MR) is 60.0 cm³/mol. The van der Waals surface area contributed by atoms with Gasteiger partial charge in [-0.25, -0.2) is 14.3 Å². The first-order valence-corrected chi connectivity index (χ1v) is 4.98. The predicted octanol–water partition coefficient (Wildman–Crippen LogP) is 0.328. The maximum atomic E-state index is 11.5. The molecule has 0 aliphatic rings. The van der Waals surface area contributed by atoms with E-state index in [0.29, 0.717) is 0 Å². The minimum atomic E-state index is -0.986. The summed E-state index contributed by atoms with van der Waals surface area (Å²) in [5.74, 6) is -0.986. The summed E-state index contributed by atoms with van der Waals surface area (Å²) in [6.07, 6.45) is 1.42. The fraction of sp³-hybridized carbons (Fsp3) is 0.182. The normalized spacial score (nSPS) is 10.4. The molecule has 0 atom stereocenters. The molecule has 2 aromatic rings. The fourth-order valence-corrected chi connectivity index (χ4v) is 1.50. The number of nitrogens with zero attached hydrogens (tertiary/aromatic N) is 3. The van der Waals surface area contributed by atoms with Crippen LogP contribution in [0.3, 0.4) is 0 Å². The van der Waals surface area contributed by atoms with Crippen molar-refractivity contribution in [1.82, 2.24) is 14.3 Å². The Morgan fingerprint density at radius 3 is 2.82 bits per heavy atom. The zero-order valence-corrected chi connectivity index (χ0v) is 9.20. The summed E-state index contributed by atoms with van der Waals surface area (Å²) in [4.78, 5) is 22.3. The van der Waals surface area contributed by atoms with E-state index in [0.717, 1.165) is 5.56 Å². The van der Waals surface area contributed by atoms with E-state index in [-0.39, 0.29) is 17.8 Å². The van der Waals surface area contributed by atoms with Gasteiger partial charge in [-0.1, -0.05) is 12.1 Å². The minimum Gasteiger partial charge on any atom is -0.478 e. The molecule has 17 heavy (non-hydrogen) atoms. The number of carboxylic acid groups (broad SMARTS) is 1. The standard InChI is InChI=1S/C11H11N3O3/c1-13-7-12-14(11(13)17)6-8-3-2-4-9(5-8)10(15)16/h2-5,7H,6H2,1H3,(H,15,16). The lowest BCUT2D eigenvalue weighted by atomic mass is 10.1. The Labute approximate surface area is 96.7 Å². The van der Waals surface area contributed by atoms with Crippen molar-refractivity contribution in [2.24, 2.45) is 7.05 Å². The number of carboxylic acids is 1. The quantitative estimate of drug-likeness (QED) is 0.828. The number of carbonyl (C=O) groups is 1. The minimum absolute atomic E-state index is 0.200. The second kappa shape index (κ2) is 4.25. The molecule has 0 bridgehead atoms. The van der Waals surface area contributed by atoms with Gasteiger partial charge < -0.3 is 5.11 Å². The Bertz CT molecular complexity index is 612. The van der Waals surface area contributed by atoms with Gasteiger partial charge in [0.2, 0.25) is 0 Å². The van der Waals surface area contributed by atoms with Crippen LogP contribution in [-0.4, -0.2) is 25.4 Å². The Morgan fingerprint density at radius 2 is 2.24 bits per heavy atom. The Kier molecular flexibility index (Phi) is 2.78. The van der Waals surface area contributed by atoms with E-state index in [1.54, 1.807) is 19.2 Å². The highest BCUT2D eigenvalue weighted by Gasteiger charge is 2.06. The highest BCUT2D eigenvalue weighted by atomic mass is 16.4. The van der Waals surface area contributed by atoms with E-state index in [4.69, 9.17) is 5.11 Å². The molecule has 0 saturated carbocycles. The highest BCUT2D eigenvalue weighted by molar-refractivity contribution is 5.87. The van der Waals surface area contributed by atoms with Crippen LogP contribution in [0.25, 0.3) is 0 Å². The molecule has 6 nitrogen and oxygen atoms in total.